The number of unbranched alkanes of at least 4 members (excludes halogenated alkanes) is 1. The molecule has 0 heterocycles. The van der Waals surface area contributed by atoms with Crippen molar-refractivity contribution < 1.29 is 8.95 Å². The molecule has 0 saturated carbocycles. The van der Waals surface area contributed by atoms with Gasteiger partial charge in [0, 0.05) is 42.0 Å². The van der Waals surface area contributed by atoms with Crippen LogP contribution in [-0.4, -0.2) is 42.0 Å². The van der Waals surface area contributed by atoms with E-state index in [9.17, 15) is 4.21 Å². The Morgan fingerprint density at radius 1 is 1.47 bits per heavy atom. The first-order chi connectivity index (χ1) is 7.11. The first-order valence-corrected chi connectivity index (χ1v) is 7.28. The largest absolute Gasteiger partial charge is 0.383 e. The van der Waals surface area contributed by atoms with Gasteiger partial charge in [-0.3, -0.25) is 4.21 Å². The van der Waals surface area contributed by atoms with E-state index in [1.807, 2.05) is 6.92 Å². The van der Waals surface area contributed by atoms with Crippen LogP contribution in [0.2, 0.25) is 0 Å². The molecule has 4 heteroatoms. The molecule has 0 aromatic rings. The van der Waals surface area contributed by atoms with Crippen LogP contribution in [-0.2, 0) is 15.5 Å². The van der Waals surface area contributed by atoms with E-state index >= 15 is 0 Å². The molecular weight excluding hydrogens is 210 g/mol. The summed E-state index contributed by atoms with van der Waals surface area (Å²) in [7, 11) is 0.985. The minimum atomic E-state index is -0.740. The quantitative estimate of drug-likeness (QED) is 0.659. The molecule has 0 bridgehead atoms. The van der Waals surface area contributed by atoms with Crippen molar-refractivity contribution in [3.63, 3.8) is 0 Å². The highest BCUT2D eigenvalue weighted by molar-refractivity contribution is 7.84. The van der Waals surface area contributed by atoms with E-state index in [0.717, 1.165) is 19.6 Å². The molecule has 0 fully saturated rings. The molecule has 15 heavy (non-hydrogen) atoms. The molecule has 0 radical (unpaired) electrons. The minimum Gasteiger partial charge on any atom is -0.383 e. The number of methoxy groups -OCH3 is 1. The molecule has 0 aliphatic heterocycles. The Morgan fingerprint density at radius 2 is 2.13 bits per heavy atom. The highest BCUT2D eigenvalue weighted by Crippen LogP contribution is 2.02. The molecule has 0 aromatic heterocycles. The Labute approximate surface area is 96.4 Å². The second kappa shape index (κ2) is 9.31. The molecular formula is C11H25NO2S. The van der Waals surface area contributed by atoms with Crippen molar-refractivity contribution in [1.29, 1.82) is 0 Å². The summed E-state index contributed by atoms with van der Waals surface area (Å²) in [5.41, 5.74) is 0. The maximum absolute atomic E-state index is 11.2. The fraction of sp³-hybridized carbons (Fsp3) is 1.00. The average molecular weight is 235 g/mol. The first kappa shape index (κ1) is 15.1. The van der Waals surface area contributed by atoms with Gasteiger partial charge in [-0.2, -0.15) is 0 Å². The molecule has 3 nitrogen and oxygen atoms in total. The maximum Gasteiger partial charge on any atom is 0.0615 e. The monoisotopic (exact) mass is 235 g/mol. The fourth-order valence-corrected chi connectivity index (χ4v) is 1.68. The van der Waals surface area contributed by atoms with E-state index in [1.54, 1.807) is 13.4 Å². The zero-order chi connectivity index (χ0) is 11.7. The van der Waals surface area contributed by atoms with Crippen LogP contribution in [0.15, 0.2) is 0 Å². The van der Waals surface area contributed by atoms with Crippen molar-refractivity contribution in [2.45, 2.75) is 44.4 Å². The van der Waals surface area contributed by atoms with Crippen molar-refractivity contribution in [2.24, 2.45) is 0 Å². The predicted octanol–water partition coefficient (Wildman–Crippen LogP) is 1.55. The summed E-state index contributed by atoms with van der Waals surface area (Å²) in [5, 5.41) is 3.63. The van der Waals surface area contributed by atoms with Gasteiger partial charge in [0.25, 0.3) is 0 Å². The Hall–Kier alpha value is 0.0700. The third kappa shape index (κ3) is 7.94. The number of hydrogen-bond donors (Lipinski definition) is 1. The molecule has 0 saturated heterocycles. The van der Waals surface area contributed by atoms with Crippen molar-refractivity contribution in [3.8, 4) is 0 Å². The normalized spacial score (nSPS) is 17.3. The van der Waals surface area contributed by atoms with Crippen LogP contribution in [0, 0.1) is 0 Å². The van der Waals surface area contributed by atoms with Crippen LogP contribution < -0.4 is 5.32 Å². The highest BCUT2D eigenvalue weighted by Gasteiger charge is 2.11. The summed E-state index contributed by atoms with van der Waals surface area (Å²) in [6, 6.07) is 0.404. The molecule has 0 aliphatic rings. The van der Waals surface area contributed by atoms with Crippen LogP contribution >= 0.6 is 0 Å². The maximum atomic E-state index is 11.2. The Balaban J connectivity index is 3.78. The summed E-state index contributed by atoms with van der Waals surface area (Å²) < 4.78 is 16.3. The third-order valence-electron chi connectivity index (χ3n) is 2.53. The van der Waals surface area contributed by atoms with Crippen LogP contribution in [0.3, 0.4) is 0 Å². The van der Waals surface area contributed by atoms with Crippen LogP contribution in [0.4, 0.5) is 0 Å². The van der Waals surface area contributed by atoms with Crippen LogP contribution in [0.1, 0.15) is 33.1 Å². The first-order valence-electron chi connectivity index (χ1n) is 5.66. The lowest BCUT2D eigenvalue weighted by Gasteiger charge is -2.19. The Bertz CT molecular complexity index is 176. The van der Waals surface area contributed by atoms with Gasteiger partial charge in [0.05, 0.1) is 6.61 Å². The van der Waals surface area contributed by atoms with E-state index in [4.69, 9.17) is 4.74 Å². The van der Waals surface area contributed by atoms with Crippen LogP contribution in [0.5, 0.6) is 0 Å². The molecule has 3 atom stereocenters. The van der Waals surface area contributed by atoms with Gasteiger partial charge in [-0.1, -0.05) is 19.8 Å². The van der Waals surface area contributed by atoms with Gasteiger partial charge in [0.1, 0.15) is 0 Å². The van der Waals surface area contributed by atoms with Crippen LogP contribution in [0.25, 0.3) is 0 Å². The lowest BCUT2D eigenvalue weighted by Crippen LogP contribution is -2.38. The number of nitrogens with one attached hydrogen (secondary N) is 1. The lowest BCUT2D eigenvalue weighted by molar-refractivity contribution is 0.161. The standard InChI is InChI=1S/C11H25NO2S/c1-5-6-7-11(9-14-3)12-8-10(2)15(4)13/h10-12H,5-9H2,1-4H3. The van der Waals surface area contributed by atoms with Crippen molar-refractivity contribution in [1.82, 2.24) is 5.32 Å². The third-order valence-corrected chi connectivity index (χ3v) is 3.83. The van der Waals surface area contributed by atoms with E-state index in [2.05, 4.69) is 12.2 Å². The molecule has 0 aromatic carbocycles. The summed E-state index contributed by atoms with van der Waals surface area (Å²) in [4.78, 5) is 0. The van der Waals surface area contributed by atoms with Gasteiger partial charge in [-0.25, -0.2) is 0 Å². The molecule has 3 unspecified atom stereocenters. The van der Waals surface area contributed by atoms with Crippen molar-refractivity contribution in [2.75, 3.05) is 26.5 Å². The van der Waals surface area contributed by atoms with E-state index in [-0.39, 0.29) is 5.25 Å². The highest BCUT2D eigenvalue weighted by atomic mass is 32.2. The van der Waals surface area contributed by atoms with Gasteiger partial charge >= 0.3 is 0 Å². The van der Waals surface area contributed by atoms with Crippen molar-refractivity contribution in [3.05, 3.63) is 0 Å². The smallest absolute Gasteiger partial charge is 0.0615 e. The van der Waals surface area contributed by atoms with E-state index in [1.165, 1.54) is 12.8 Å². The predicted molar refractivity (Wildman–Crippen MR) is 66.7 cm³/mol. The average Bonchev–Trinajstić information content (AvgIpc) is 2.21. The van der Waals surface area contributed by atoms with E-state index < -0.39 is 10.8 Å². The Morgan fingerprint density at radius 3 is 2.60 bits per heavy atom. The lowest BCUT2D eigenvalue weighted by atomic mass is 10.1. The Kier molecular flexibility index (Phi) is 9.35. The summed E-state index contributed by atoms with van der Waals surface area (Å²) in [6.45, 7) is 5.74. The van der Waals surface area contributed by atoms with E-state index in [0.29, 0.717) is 6.04 Å². The number of rotatable bonds is 9. The fourth-order valence-electron chi connectivity index (χ4n) is 1.35. The molecule has 0 amide bonds. The second-order valence-electron chi connectivity index (χ2n) is 4.01. The number of hydrogen-bond acceptors (Lipinski definition) is 3. The SMILES string of the molecule is CCCCC(COC)NCC(C)S(C)=O. The minimum absolute atomic E-state index is 0.214. The van der Waals surface area contributed by atoms with Gasteiger partial charge < -0.3 is 10.1 Å². The molecule has 0 rings (SSSR count). The zero-order valence-corrected chi connectivity index (χ0v) is 11.2. The summed E-state index contributed by atoms with van der Waals surface area (Å²) in [5.74, 6) is 0. The van der Waals surface area contributed by atoms with Crippen molar-refractivity contribution >= 4 is 10.8 Å². The van der Waals surface area contributed by atoms with Gasteiger partial charge in [0.15, 0.2) is 0 Å². The second-order valence-corrected chi connectivity index (χ2v) is 5.81. The zero-order valence-electron chi connectivity index (χ0n) is 10.4. The summed E-state index contributed by atoms with van der Waals surface area (Å²) in [6.07, 6.45) is 5.30. The van der Waals surface area contributed by atoms with Gasteiger partial charge in [-0.05, 0) is 13.3 Å². The number of ether oxygens (including phenoxy) is 1. The molecule has 92 valence electrons. The topological polar surface area (TPSA) is 38.3 Å². The molecule has 0 spiro atoms. The van der Waals surface area contributed by atoms with Gasteiger partial charge in [0.2, 0.25) is 0 Å². The summed E-state index contributed by atoms with van der Waals surface area (Å²) >= 11 is 0. The van der Waals surface area contributed by atoms with Gasteiger partial charge in [-0.15, -0.1) is 0 Å². The molecule has 0 aliphatic carbocycles. The molecule has 1 N–H and O–H groups in total.